The van der Waals surface area contributed by atoms with E-state index in [1.807, 2.05) is 24.0 Å². The Labute approximate surface area is 343 Å². The van der Waals surface area contributed by atoms with Gasteiger partial charge in [0, 0.05) is 49.9 Å². The fraction of sp³-hybridized carbons (Fsp3) is 0.571. The summed E-state index contributed by atoms with van der Waals surface area (Å²) in [7, 11) is 0. The summed E-state index contributed by atoms with van der Waals surface area (Å²) in [5.41, 5.74) is -1.99. The van der Waals surface area contributed by atoms with E-state index >= 15 is 0 Å². The Kier molecular flexibility index (Phi) is 12.7. The molecule has 0 bridgehead atoms. The van der Waals surface area contributed by atoms with Gasteiger partial charge in [0.05, 0.1) is 47.6 Å². The highest BCUT2D eigenvalue weighted by molar-refractivity contribution is 7.80. The number of rotatable bonds is 11. The fourth-order valence-corrected chi connectivity index (χ4v) is 9.80. The number of alkyl halides is 3. The molecule has 16 heteroatoms. The van der Waals surface area contributed by atoms with Crippen LogP contribution in [0.15, 0.2) is 42.5 Å². The Bertz CT molecular complexity index is 1950. The van der Waals surface area contributed by atoms with E-state index in [4.69, 9.17) is 17.0 Å². The minimum Gasteiger partial charge on any atom is -0.377 e. The highest BCUT2D eigenvalue weighted by atomic mass is 32.1. The van der Waals surface area contributed by atoms with Gasteiger partial charge in [-0.15, -0.1) is 0 Å². The molecule has 0 spiro atoms. The van der Waals surface area contributed by atoms with Gasteiger partial charge >= 0.3 is 6.18 Å². The van der Waals surface area contributed by atoms with E-state index < -0.39 is 34.2 Å². The van der Waals surface area contributed by atoms with Gasteiger partial charge in [0.2, 0.25) is 17.7 Å². The van der Waals surface area contributed by atoms with Crippen molar-refractivity contribution in [1.82, 2.24) is 20.0 Å². The number of halogens is 3. The number of carbonyl (C=O) groups excluding carboxylic acids is 4. The van der Waals surface area contributed by atoms with E-state index in [9.17, 15) is 37.6 Å². The van der Waals surface area contributed by atoms with Crippen LogP contribution >= 0.6 is 12.2 Å². The number of nitrogens with one attached hydrogen (secondary N) is 2. The van der Waals surface area contributed by atoms with Crippen LogP contribution in [0.2, 0.25) is 0 Å². The van der Waals surface area contributed by atoms with Crippen LogP contribution in [-0.4, -0.2) is 106 Å². The molecule has 0 aromatic heterocycles. The van der Waals surface area contributed by atoms with Gasteiger partial charge in [-0.2, -0.15) is 18.4 Å². The van der Waals surface area contributed by atoms with Gasteiger partial charge in [0.15, 0.2) is 5.11 Å². The number of ether oxygens (including phenoxy) is 1. The molecular weight excluding hydrogens is 772 g/mol. The molecule has 4 fully saturated rings. The number of amides is 4. The molecule has 4 amide bonds. The van der Waals surface area contributed by atoms with Crippen molar-refractivity contribution in [2.45, 2.75) is 121 Å². The predicted molar refractivity (Wildman–Crippen MR) is 216 cm³/mol. The molecule has 1 aliphatic carbocycles. The van der Waals surface area contributed by atoms with E-state index in [0.717, 1.165) is 55.1 Å². The van der Waals surface area contributed by atoms with Crippen molar-refractivity contribution in [3.05, 3.63) is 59.2 Å². The maximum absolute atomic E-state index is 13.7. The Morgan fingerprint density at radius 2 is 1.69 bits per heavy atom. The third-order valence-corrected chi connectivity index (χ3v) is 12.9. The summed E-state index contributed by atoms with van der Waals surface area (Å²) in [4.78, 5) is 58.9. The van der Waals surface area contributed by atoms with Gasteiger partial charge in [-0.05, 0) is 114 Å². The number of benzene rings is 2. The Morgan fingerprint density at radius 3 is 2.28 bits per heavy atom. The lowest BCUT2D eigenvalue weighted by Gasteiger charge is -2.44. The van der Waals surface area contributed by atoms with Crippen LogP contribution in [0.3, 0.4) is 0 Å². The first kappa shape index (κ1) is 43.2. The Balaban J connectivity index is 0.950. The Hall–Kier alpha value is -4.43. The monoisotopic (exact) mass is 823 g/mol. The second-order valence-electron chi connectivity index (χ2n) is 16.6. The predicted octanol–water partition coefficient (Wildman–Crippen LogP) is 5.73. The molecule has 58 heavy (non-hydrogen) atoms. The molecule has 0 radical (unpaired) electrons. The van der Waals surface area contributed by atoms with Crippen molar-refractivity contribution in [3.8, 4) is 6.07 Å². The van der Waals surface area contributed by atoms with Crippen LogP contribution in [0.25, 0.3) is 0 Å². The second kappa shape index (κ2) is 17.0. The summed E-state index contributed by atoms with van der Waals surface area (Å²) >= 11 is 5.74. The van der Waals surface area contributed by atoms with Gasteiger partial charge in [0.25, 0.3) is 5.91 Å². The quantitative estimate of drug-likeness (QED) is 0.214. The molecule has 2 N–H and O–H groups in total. The molecule has 12 nitrogen and oxygen atoms in total. The number of carbonyl (C=O) groups is 4. The zero-order valence-corrected chi connectivity index (χ0v) is 34.5. The number of nitrogens with zero attached hydrogens (tertiary/aromatic N) is 5. The maximum Gasteiger partial charge on any atom is 0.417 e. The van der Waals surface area contributed by atoms with Gasteiger partial charge in [0.1, 0.15) is 5.54 Å². The SMILES string of the molecule is CC[C@]1(c2ccc(NC(=O)CN3[C@H](C)CN(CCOC4CCC(N5C(=S)N(c6ccc(C#N)c(C(F)(F)F)c6)C(=O)C5(C)C)CC4)C[C@@H]3C)cc2)CCC(=O)NC1=O. The highest BCUT2D eigenvalue weighted by Gasteiger charge is 2.53. The first-order valence-electron chi connectivity index (χ1n) is 20.0. The first-order chi connectivity index (χ1) is 27.4. The number of hydrogen-bond acceptors (Lipinski definition) is 9. The molecule has 3 heterocycles. The largest absolute Gasteiger partial charge is 0.417 e. The number of hydrogen-bond donors (Lipinski definition) is 2. The minimum absolute atomic E-state index is 0.0118. The molecule has 4 aliphatic rings. The highest BCUT2D eigenvalue weighted by Crippen LogP contribution is 2.41. The van der Waals surface area contributed by atoms with E-state index in [1.54, 1.807) is 32.0 Å². The third kappa shape index (κ3) is 8.64. The van der Waals surface area contributed by atoms with Gasteiger partial charge in [-0.3, -0.25) is 39.2 Å². The summed E-state index contributed by atoms with van der Waals surface area (Å²) in [6, 6.07) is 12.3. The zero-order chi connectivity index (χ0) is 42.2. The number of piperazine rings is 1. The molecule has 3 atom stereocenters. The second-order valence-corrected chi connectivity index (χ2v) is 16.9. The number of piperidine rings is 1. The number of nitriles is 1. The van der Waals surface area contributed by atoms with Gasteiger partial charge < -0.3 is 15.0 Å². The van der Waals surface area contributed by atoms with E-state index in [-0.39, 0.29) is 59.3 Å². The smallest absolute Gasteiger partial charge is 0.377 e. The van der Waals surface area contributed by atoms with Gasteiger partial charge in [-0.1, -0.05) is 19.1 Å². The molecule has 312 valence electrons. The average molecular weight is 824 g/mol. The summed E-state index contributed by atoms with van der Waals surface area (Å²) < 4.78 is 47.5. The molecule has 1 saturated carbocycles. The van der Waals surface area contributed by atoms with Crippen LogP contribution in [0.4, 0.5) is 24.5 Å². The molecule has 6 rings (SSSR count). The van der Waals surface area contributed by atoms with Crippen LogP contribution in [0.5, 0.6) is 0 Å². The maximum atomic E-state index is 13.7. The Morgan fingerprint density at radius 1 is 1.03 bits per heavy atom. The van der Waals surface area contributed by atoms with Crippen LogP contribution in [0.1, 0.15) is 96.3 Å². The van der Waals surface area contributed by atoms with Crippen molar-refractivity contribution in [1.29, 1.82) is 5.26 Å². The van der Waals surface area contributed by atoms with Crippen LogP contribution < -0.4 is 15.5 Å². The van der Waals surface area contributed by atoms with Crippen LogP contribution in [0, 0.1) is 11.3 Å². The standard InChI is InChI=1S/C42H52F3N7O5S/c1-6-41(18-17-35(53)48-37(41)55)29-8-10-30(11-9-29)47-36(54)25-50-26(2)23-49(24-27(50)3)19-20-57-33-15-13-31(14-16-33)52-39(58)51(38(56)40(52,4)5)32-12-7-28(22-46)34(21-32)42(43,44)45/h7-12,21,26-27,31,33H,6,13-20,23-25H2,1-5H3,(H,47,54)(H,48,53,55)/t26-,27+,31?,33?,41-/m1/s1. The molecule has 3 aliphatic heterocycles. The summed E-state index contributed by atoms with van der Waals surface area (Å²) in [5, 5.41) is 14.8. The van der Waals surface area contributed by atoms with Crippen molar-refractivity contribution in [2.24, 2.45) is 0 Å². The topological polar surface area (TPSA) is 138 Å². The van der Waals surface area contributed by atoms with Crippen LogP contribution in [-0.2, 0) is 35.5 Å². The molecule has 0 unspecified atom stereocenters. The lowest BCUT2D eigenvalue weighted by Crippen LogP contribution is -2.58. The van der Waals surface area contributed by atoms with E-state index in [1.165, 1.54) is 6.07 Å². The fourth-order valence-electron chi connectivity index (χ4n) is 9.24. The third-order valence-electron chi connectivity index (χ3n) is 12.5. The minimum atomic E-state index is -4.76. The normalized spacial score (nSPS) is 27.1. The molecular formula is C42H52F3N7O5S. The molecule has 3 saturated heterocycles. The van der Waals surface area contributed by atoms with Gasteiger partial charge in [-0.25, -0.2) is 0 Å². The van der Waals surface area contributed by atoms with E-state index in [2.05, 4.69) is 34.3 Å². The number of anilines is 2. The summed E-state index contributed by atoms with van der Waals surface area (Å²) in [6.07, 6.45) is -0.518. The zero-order valence-electron chi connectivity index (χ0n) is 33.7. The lowest BCUT2D eigenvalue weighted by molar-refractivity contribution is -0.139. The summed E-state index contributed by atoms with van der Waals surface area (Å²) in [5.74, 6) is -1.07. The molecule has 2 aromatic rings. The number of thiocarbonyl (C=S) groups is 1. The first-order valence-corrected chi connectivity index (χ1v) is 20.4. The lowest BCUT2D eigenvalue weighted by atomic mass is 9.72. The number of imide groups is 1. The average Bonchev–Trinajstić information content (AvgIpc) is 3.35. The summed E-state index contributed by atoms with van der Waals surface area (Å²) in [6.45, 7) is 12.7. The molecule has 2 aromatic carbocycles. The van der Waals surface area contributed by atoms with Crippen molar-refractivity contribution in [2.75, 3.05) is 43.0 Å². The van der Waals surface area contributed by atoms with Crippen molar-refractivity contribution < 1.29 is 37.1 Å². The van der Waals surface area contributed by atoms with Crippen molar-refractivity contribution >= 4 is 52.3 Å². The van der Waals surface area contributed by atoms with Crippen molar-refractivity contribution in [3.63, 3.8) is 0 Å². The van der Waals surface area contributed by atoms with E-state index in [0.29, 0.717) is 44.4 Å².